The van der Waals surface area contributed by atoms with Gasteiger partial charge in [0.2, 0.25) is 5.91 Å². The van der Waals surface area contributed by atoms with Gasteiger partial charge in [0.1, 0.15) is 11.7 Å². The number of hydrogen-bond donors (Lipinski definition) is 1. The Morgan fingerprint density at radius 3 is 2.51 bits per heavy atom. The number of nitrogens with zero attached hydrogens (tertiary/aromatic N) is 6. The van der Waals surface area contributed by atoms with Crippen molar-refractivity contribution < 1.29 is 14.6 Å². The average molecular weight is 477 g/mol. The number of hydrogen-bond acceptors (Lipinski definition) is 8. The number of benzene rings is 2. The highest BCUT2D eigenvalue weighted by Crippen LogP contribution is 2.41. The van der Waals surface area contributed by atoms with Crippen LogP contribution in [-0.4, -0.2) is 36.8 Å². The molecule has 0 saturated heterocycles. The average Bonchev–Trinajstić information content (AvgIpc) is 3.27. The Hall–Kier alpha value is -4.35. The molecular formula is C23H23N7O5. The van der Waals surface area contributed by atoms with Gasteiger partial charge in [-0.2, -0.15) is 0 Å². The molecule has 0 bridgehead atoms. The summed E-state index contributed by atoms with van der Waals surface area (Å²) in [5.74, 6) is -0.282. The minimum absolute atomic E-state index is 0.0269. The third-order valence-electron chi connectivity index (χ3n) is 6.60. The number of rotatable bonds is 5. The Morgan fingerprint density at radius 1 is 1.00 bits per heavy atom. The van der Waals surface area contributed by atoms with Crippen LogP contribution in [0.4, 0.5) is 17.1 Å². The number of anilines is 1. The van der Waals surface area contributed by atoms with Crippen LogP contribution in [0, 0.1) is 20.2 Å². The maximum atomic E-state index is 13.8. The van der Waals surface area contributed by atoms with E-state index in [4.69, 9.17) is 0 Å². The van der Waals surface area contributed by atoms with E-state index >= 15 is 0 Å². The first-order valence-corrected chi connectivity index (χ1v) is 11.4. The van der Waals surface area contributed by atoms with Crippen molar-refractivity contribution in [1.82, 2.24) is 20.3 Å². The van der Waals surface area contributed by atoms with E-state index in [1.165, 1.54) is 12.1 Å². The van der Waals surface area contributed by atoms with Gasteiger partial charge in [0.15, 0.2) is 0 Å². The Morgan fingerprint density at radius 2 is 1.77 bits per heavy atom. The van der Waals surface area contributed by atoms with Crippen molar-refractivity contribution in [3.63, 3.8) is 0 Å². The first-order valence-electron chi connectivity index (χ1n) is 11.4. The Balaban J connectivity index is 1.66. The molecule has 3 aromatic rings. The fraction of sp³-hybridized carbons (Fsp3) is 0.348. The van der Waals surface area contributed by atoms with Crippen LogP contribution in [0.3, 0.4) is 0 Å². The number of non-ortho nitro benzene ring substituents is 1. The molecule has 1 aliphatic heterocycles. The van der Waals surface area contributed by atoms with Crippen LogP contribution in [0.25, 0.3) is 5.69 Å². The fourth-order valence-electron chi connectivity index (χ4n) is 4.96. The summed E-state index contributed by atoms with van der Waals surface area (Å²) in [6.45, 7) is 0.0864. The van der Waals surface area contributed by atoms with Crippen molar-refractivity contribution in [3.8, 4) is 5.69 Å². The van der Waals surface area contributed by atoms with Crippen LogP contribution in [0.5, 0.6) is 0 Å². The lowest BCUT2D eigenvalue weighted by Crippen LogP contribution is -2.45. The van der Waals surface area contributed by atoms with Crippen LogP contribution in [0.1, 0.15) is 49.4 Å². The van der Waals surface area contributed by atoms with Gasteiger partial charge in [0.05, 0.1) is 40.0 Å². The van der Waals surface area contributed by atoms with E-state index in [0.29, 0.717) is 16.9 Å². The van der Waals surface area contributed by atoms with Crippen molar-refractivity contribution in [2.45, 2.75) is 50.7 Å². The summed E-state index contributed by atoms with van der Waals surface area (Å²) in [4.78, 5) is 37.4. The van der Waals surface area contributed by atoms with Crippen LogP contribution < -0.4 is 10.2 Å². The lowest BCUT2D eigenvalue weighted by atomic mass is 9.94. The molecule has 2 aliphatic rings. The zero-order valence-corrected chi connectivity index (χ0v) is 18.7. The van der Waals surface area contributed by atoms with E-state index in [9.17, 15) is 25.0 Å². The highest BCUT2D eigenvalue weighted by molar-refractivity contribution is 5.89. The molecule has 1 aliphatic carbocycles. The topological polar surface area (TPSA) is 149 Å². The van der Waals surface area contributed by atoms with E-state index in [1.54, 1.807) is 27.9 Å². The zero-order chi connectivity index (χ0) is 24.5. The second-order valence-electron chi connectivity index (χ2n) is 8.76. The first-order chi connectivity index (χ1) is 16.9. The summed E-state index contributed by atoms with van der Waals surface area (Å²) in [6, 6.07) is 9.81. The molecule has 0 radical (unpaired) electrons. The van der Waals surface area contributed by atoms with Crippen molar-refractivity contribution in [2.24, 2.45) is 0 Å². The SMILES string of the molecule is O=C(NC1CCCCC1)C1c2ccccc2-n2nncc2CN1c1ccc([N+](=O)[O-])cc1[N+](=O)[O-]. The van der Waals surface area contributed by atoms with E-state index in [1.807, 2.05) is 12.1 Å². The lowest BCUT2D eigenvalue weighted by Gasteiger charge is -2.33. The Kier molecular flexibility index (Phi) is 5.85. The van der Waals surface area contributed by atoms with Gasteiger partial charge >= 0.3 is 0 Å². The molecule has 180 valence electrons. The minimum atomic E-state index is -0.921. The number of nitrogens with one attached hydrogen (secondary N) is 1. The largest absolute Gasteiger partial charge is 0.351 e. The van der Waals surface area contributed by atoms with Crippen molar-refractivity contribution in [1.29, 1.82) is 0 Å². The Labute approximate surface area is 199 Å². The second kappa shape index (κ2) is 9.12. The van der Waals surface area contributed by atoms with Crippen LogP contribution in [0.2, 0.25) is 0 Å². The second-order valence-corrected chi connectivity index (χ2v) is 8.76. The summed E-state index contributed by atoms with van der Waals surface area (Å²) in [7, 11) is 0. The highest BCUT2D eigenvalue weighted by atomic mass is 16.6. The molecule has 35 heavy (non-hydrogen) atoms. The van der Waals surface area contributed by atoms with Crippen molar-refractivity contribution in [3.05, 3.63) is 80.1 Å². The molecule has 2 aromatic carbocycles. The monoisotopic (exact) mass is 477 g/mol. The van der Waals surface area contributed by atoms with Gasteiger partial charge in [-0.15, -0.1) is 5.10 Å². The van der Waals surface area contributed by atoms with E-state index in [-0.39, 0.29) is 24.2 Å². The summed E-state index contributed by atoms with van der Waals surface area (Å²) < 4.78 is 1.62. The summed E-state index contributed by atoms with van der Waals surface area (Å²) in [5.41, 5.74) is 1.14. The minimum Gasteiger partial charge on any atom is -0.351 e. The van der Waals surface area contributed by atoms with E-state index in [2.05, 4.69) is 15.6 Å². The van der Waals surface area contributed by atoms with Gasteiger partial charge in [0, 0.05) is 17.7 Å². The third-order valence-corrected chi connectivity index (χ3v) is 6.60. The van der Waals surface area contributed by atoms with E-state index < -0.39 is 27.3 Å². The number of fused-ring (bicyclic) bond motifs is 3. The van der Waals surface area contributed by atoms with Gasteiger partial charge in [-0.3, -0.25) is 25.0 Å². The summed E-state index contributed by atoms with van der Waals surface area (Å²) in [6.07, 6.45) is 6.50. The molecule has 1 aromatic heterocycles. The number of para-hydroxylation sites is 1. The molecule has 1 N–H and O–H groups in total. The van der Waals surface area contributed by atoms with Crippen molar-refractivity contribution >= 4 is 23.0 Å². The van der Waals surface area contributed by atoms with Crippen LogP contribution in [-0.2, 0) is 11.3 Å². The number of amides is 1. The van der Waals surface area contributed by atoms with Crippen LogP contribution >= 0.6 is 0 Å². The molecule has 5 rings (SSSR count). The molecule has 2 heterocycles. The van der Waals surface area contributed by atoms with Gasteiger partial charge < -0.3 is 10.2 Å². The molecule has 12 nitrogen and oxygen atoms in total. The van der Waals surface area contributed by atoms with E-state index in [0.717, 1.165) is 38.2 Å². The van der Waals surface area contributed by atoms with Crippen molar-refractivity contribution in [2.75, 3.05) is 4.90 Å². The number of carbonyl (C=O) groups excluding carboxylic acids is 1. The maximum absolute atomic E-state index is 13.8. The fourth-order valence-corrected chi connectivity index (χ4v) is 4.96. The third kappa shape index (κ3) is 4.18. The van der Waals surface area contributed by atoms with Gasteiger partial charge in [0.25, 0.3) is 11.4 Å². The first kappa shape index (κ1) is 22.4. The molecule has 1 saturated carbocycles. The van der Waals surface area contributed by atoms with Crippen LogP contribution in [0.15, 0.2) is 48.7 Å². The normalized spacial score (nSPS) is 17.7. The number of carbonyl (C=O) groups is 1. The molecule has 1 amide bonds. The maximum Gasteiger partial charge on any atom is 0.299 e. The molecule has 1 fully saturated rings. The predicted molar refractivity (Wildman–Crippen MR) is 125 cm³/mol. The molecule has 0 spiro atoms. The van der Waals surface area contributed by atoms with Gasteiger partial charge in [-0.05, 0) is 25.0 Å². The predicted octanol–water partition coefficient (Wildman–Crippen LogP) is 3.59. The molecule has 12 heteroatoms. The summed E-state index contributed by atoms with van der Waals surface area (Å²) in [5, 5.41) is 34.6. The smallest absolute Gasteiger partial charge is 0.299 e. The Bertz CT molecular complexity index is 1300. The highest BCUT2D eigenvalue weighted by Gasteiger charge is 2.38. The molecule has 1 unspecified atom stereocenters. The zero-order valence-electron chi connectivity index (χ0n) is 18.7. The molecule has 1 atom stereocenters. The standard InChI is InChI=1S/C23H23N7O5/c31-23(25-15-6-2-1-3-7-15)22-18-8-4-5-9-19(18)28-17(13-24-26-28)14-27(22)20-11-10-16(29(32)33)12-21(20)30(34)35/h4-5,8-13,15,22H,1-3,6-7,14H2,(H,25,31). The summed E-state index contributed by atoms with van der Waals surface area (Å²) >= 11 is 0. The van der Waals surface area contributed by atoms with Gasteiger partial charge in [-0.1, -0.05) is 42.7 Å². The quantitative estimate of drug-likeness (QED) is 0.433. The number of nitro groups is 2. The van der Waals surface area contributed by atoms with Gasteiger partial charge in [-0.25, -0.2) is 4.68 Å². The molecular weight excluding hydrogens is 454 g/mol. The number of nitro benzene ring substituents is 2. The lowest BCUT2D eigenvalue weighted by molar-refractivity contribution is -0.393. The number of aromatic nitrogens is 3.